The summed E-state index contributed by atoms with van der Waals surface area (Å²) in [7, 11) is 0. The number of carbonyl (C=O) groups is 1. The fourth-order valence-corrected chi connectivity index (χ4v) is 6.64. The lowest BCUT2D eigenvalue weighted by molar-refractivity contribution is -0.112. The van der Waals surface area contributed by atoms with E-state index in [1.807, 2.05) is 49.4 Å². The van der Waals surface area contributed by atoms with Crippen LogP contribution in [-0.4, -0.2) is 22.7 Å². The molecule has 0 radical (unpaired) electrons. The van der Waals surface area contributed by atoms with Crippen molar-refractivity contribution < 1.29 is 4.79 Å². The van der Waals surface area contributed by atoms with E-state index >= 15 is 0 Å². The number of hydrogen-bond donors (Lipinski definition) is 0. The zero-order valence-corrected chi connectivity index (χ0v) is 19.9. The van der Waals surface area contributed by atoms with Crippen molar-refractivity contribution in [3.05, 3.63) is 86.8 Å². The van der Waals surface area contributed by atoms with E-state index in [1.165, 1.54) is 16.3 Å². The van der Waals surface area contributed by atoms with Crippen LogP contribution in [0, 0.1) is 0 Å². The highest BCUT2D eigenvalue weighted by atomic mass is 32.2. The van der Waals surface area contributed by atoms with Gasteiger partial charge in [-0.1, -0.05) is 48.2 Å². The van der Waals surface area contributed by atoms with Gasteiger partial charge < -0.3 is 4.90 Å². The van der Waals surface area contributed by atoms with Crippen LogP contribution in [0.2, 0.25) is 0 Å². The van der Waals surface area contributed by atoms with E-state index in [-0.39, 0.29) is 11.5 Å². The third-order valence-electron chi connectivity index (χ3n) is 5.55. The van der Waals surface area contributed by atoms with Crippen molar-refractivity contribution in [3.8, 4) is 0 Å². The van der Waals surface area contributed by atoms with Gasteiger partial charge >= 0.3 is 0 Å². The number of aromatic nitrogens is 1. The van der Waals surface area contributed by atoms with Gasteiger partial charge in [0.1, 0.15) is 14.2 Å². The molecule has 0 unspecified atom stereocenters. The zero-order chi connectivity index (χ0) is 23.1. The van der Waals surface area contributed by atoms with Crippen molar-refractivity contribution >= 4 is 56.7 Å². The van der Waals surface area contributed by atoms with Crippen molar-refractivity contribution in [2.45, 2.75) is 25.3 Å². The van der Waals surface area contributed by atoms with Gasteiger partial charge in [-0.3, -0.25) is 14.2 Å². The van der Waals surface area contributed by atoms with Crippen LogP contribution in [0.1, 0.15) is 13.8 Å². The summed E-state index contributed by atoms with van der Waals surface area (Å²) < 4.78 is 2.87. The number of thioether (sulfide) groups is 1. The summed E-state index contributed by atoms with van der Waals surface area (Å²) >= 11 is 2.95. The number of benzene rings is 2. The number of hydrogen-bond acceptors (Lipinski definition) is 6. The third-order valence-corrected chi connectivity index (χ3v) is 8.05. The molecule has 8 heteroatoms. The zero-order valence-electron chi connectivity index (χ0n) is 18.3. The van der Waals surface area contributed by atoms with Crippen LogP contribution in [-0.2, 0) is 11.3 Å². The maximum absolute atomic E-state index is 13.6. The molecular formula is C25H22N4O2S2. The fourth-order valence-electron chi connectivity index (χ4n) is 4.04. The van der Waals surface area contributed by atoms with Crippen LogP contribution in [0.25, 0.3) is 10.6 Å². The molecular weight excluding hydrogens is 452 g/mol. The predicted octanol–water partition coefficient (Wildman–Crippen LogP) is 3.37. The molecule has 33 heavy (non-hydrogen) atoms. The van der Waals surface area contributed by atoms with E-state index in [1.54, 1.807) is 22.4 Å². The minimum Gasteiger partial charge on any atom is -0.334 e. The van der Waals surface area contributed by atoms with Crippen LogP contribution >= 0.6 is 23.1 Å². The molecule has 3 aromatic rings. The molecule has 5 rings (SSSR count). The summed E-state index contributed by atoms with van der Waals surface area (Å²) in [4.78, 5) is 30.3. The Morgan fingerprint density at radius 2 is 1.79 bits per heavy atom. The molecule has 1 aromatic heterocycles. The molecule has 0 saturated carbocycles. The molecule has 2 aliphatic heterocycles. The van der Waals surface area contributed by atoms with Crippen LogP contribution in [0.15, 0.2) is 82.0 Å². The molecule has 0 N–H and O–H groups in total. The first kappa shape index (κ1) is 21.5. The Hall–Kier alpha value is -3.36. The monoisotopic (exact) mass is 474 g/mol. The molecule has 0 saturated heterocycles. The Morgan fingerprint density at radius 3 is 2.52 bits per heavy atom. The Morgan fingerprint density at radius 1 is 1.06 bits per heavy atom. The molecule has 0 fully saturated rings. The number of carbonyl (C=O) groups excluding carboxylic acids is 1. The number of para-hydroxylation sites is 2. The normalized spacial score (nSPS) is 18.6. The molecule has 3 heterocycles. The summed E-state index contributed by atoms with van der Waals surface area (Å²) in [5.41, 5.74) is 2.73. The van der Waals surface area contributed by atoms with Gasteiger partial charge in [0, 0.05) is 18.0 Å². The number of thiazole rings is 1. The molecule has 0 bridgehead atoms. The molecule has 0 aliphatic carbocycles. The lowest BCUT2D eigenvalue weighted by Crippen LogP contribution is -2.35. The third kappa shape index (κ3) is 3.46. The average Bonchev–Trinajstić information content (AvgIpc) is 3.45. The Bertz CT molecular complexity index is 1480. The molecule has 166 valence electrons. The number of anilines is 2. The second-order valence-corrected chi connectivity index (χ2v) is 9.60. The van der Waals surface area contributed by atoms with Crippen molar-refractivity contribution in [2.24, 2.45) is 5.10 Å². The van der Waals surface area contributed by atoms with Gasteiger partial charge in [-0.2, -0.15) is 10.1 Å². The summed E-state index contributed by atoms with van der Waals surface area (Å²) in [5.74, 6) is -0.232. The maximum atomic E-state index is 13.6. The smallest absolute Gasteiger partial charge is 0.283 e. The van der Waals surface area contributed by atoms with Crippen LogP contribution in [0.4, 0.5) is 11.4 Å². The summed E-state index contributed by atoms with van der Waals surface area (Å²) in [6.07, 6.45) is 1.68. The Kier molecular flexibility index (Phi) is 5.55. The maximum Gasteiger partial charge on any atom is 0.283 e. The van der Waals surface area contributed by atoms with E-state index in [2.05, 4.69) is 35.6 Å². The van der Waals surface area contributed by atoms with Gasteiger partial charge in [-0.05, 0) is 38.1 Å². The topological polar surface area (TPSA) is 57.9 Å². The standard InChI is InChI=1S/C25H22N4O2S2/c1-4-15-28-23(31)21(25-27(5-2)18-13-9-10-14-19(18)32-25)33-24(28)20-16(3)26-29(22(20)30)17-11-7-6-8-12-17/h4,6-14H,1,5,15H2,2-3H3/b24-20-,25-21-. The van der Waals surface area contributed by atoms with E-state index in [0.29, 0.717) is 32.7 Å². The molecule has 2 aromatic carbocycles. The first-order valence-electron chi connectivity index (χ1n) is 10.6. The van der Waals surface area contributed by atoms with Crippen molar-refractivity contribution in [1.29, 1.82) is 0 Å². The summed E-state index contributed by atoms with van der Waals surface area (Å²) in [6.45, 7) is 8.76. The fraction of sp³-hybridized carbons (Fsp3) is 0.160. The van der Waals surface area contributed by atoms with Crippen molar-refractivity contribution in [1.82, 2.24) is 4.57 Å². The van der Waals surface area contributed by atoms with E-state index < -0.39 is 0 Å². The first-order chi connectivity index (χ1) is 16.0. The van der Waals surface area contributed by atoms with Gasteiger partial charge in [0.2, 0.25) is 0 Å². The summed E-state index contributed by atoms with van der Waals surface area (Å²) in [5, 5.41) is 6.81. The van der Waals surface area contributed by atoms with Gasteiger partial charge in [-0.25, -0.2) is 0 Å². The van der Waals surface area contributed by atoms with Gasteiger partial charge in [0.25, 0.3) is 11.5 Å². The van der Waals surface area contributed by atoms with E-state index in [4.69, 9.17) is 0 Å². The SMILES string of the molecule is C=CCn1c(=O)/c(=C2/Sc3ccccc3N2CC)s/c1=C1\C(=O)N(c2ccccc2)N=C1C. The molecule has 0 atom stereocenters. The van der Waals surface area contributed by atoms with E-state index in [9.17, 15) is 9.59 Å². The van der Waals surface area contributed by atoms with Gasteiger partial charge in [0.05, 0.1) is 22.7 Å². The van der Waals surface area contributed by atoms with Gasteiger partial charge in [0.15, 0.2) is 0 Å². The number of allylic oxidation sites excluding steroid dienone is 1. The minimum atomic E-state index is -0.232. The first-order valence-corrected chi connectivity index (χ1v) is 12.3. The highest BCUT2D eigenvalue weighted by molar-refractivity contribution is 8.08. The minimum absolute atomic E-state index is 0.116. The molecule has 0 spiro atoms. The van der Waals surface area contributed by atoms with Crippen LogP contribution in [0.5, 0.6) is 0 Å². The van der Waals surface area contributed by atoms with Crippen molar-refractivity contribution in [2.75, 3.05) is 16.5 Å². The predicted molar refractivity (Wildman–Crippen MR) is 137 cm³/mol. The van der Waals surface area contributed by atoms with Crippen molar-refractivity contribution in [3.63, 3.8) is 0 Å². The number of nitrogens with zero attached hydrogens (tertiary/aromatic N) is 4. The molecule has 2 aliphatic rings. The molecule has 6 nitrogen and oxygen atoms in total. The van der Waals surface area contributed by atoms with E-state index in [0.717, 1.165) is 22.2 Å². The molecule has 1 amide bonds. The number of rotatable bonds is 4. The lowest BCUT2D eigenvalue weighted by Gasteiger charge is -2.16. The average molecular weight is 475 g/mol. The van der Waals surface area contributed by atoms with Crippen LogP contribution < -0.4 is 24.7 Å². The van der Waals surface area contributed by atoms with Gasteiger partial charge in [-0.15, -0.1) is 17.9 Å². The number of hydrazone groups is 1. The second-order valence-electron chi connectivity index (χ2n) is 7.57. The highest BCUT2D eigenvalue weighted by Gasteiger charge is 2.32. The second kappa shape index (κ2) is 8.53. The number of fused-ring (bicyclic) bond motifs is 1. The van der Waals surface area contributed by atoms with Crippen LogP contribution in [0.3, 0.4) is 0 Å². The Labute approximate surface area is 199 Å². The lowest BCUT2D eigenvalue weighted by atomic mass is 10.2. The summed E-state index contributed by atoms with van der Waals surface area (Å²) in [6, 6.07) is 17.5. The number of amides is 1. The Balaban J connectivity index is 1.76. The quantitative estimate of drug-likeness (QED) is 0.544. The largest absolute Gasteiger partial charge is 0.334 e. The highest BCUT2D eigenvalue weighted by Crippen LogP contribution is 2.45.